The lowest BCUT2D eigenvalue weighted by Crippen LogP contribution is -2.49. The summed E-state index contributed by atoms with van der Waals surface area (Å²) >= 11 is 0. The maximum Gasteiger partial charge on any atom is 0.0502 e. The van der Waals surface area contributed by atoms with Crippen LogP contribution in [0.15, 0.2) is 0 Å². The van der Waals surface area contributed by atoms with Crippen molar-refractivity contribution in [2.75, 3.05) is 46.4 Å². The lowest BCUT2D eigenvalue weighted by Gasteiger charge is -2.43. The van der Waals surface area contributed by atoms with Crippen LogP contribution >= 0.6 is 0 Å². The predicted molar refractivity (Wildman–Crippen MR) is 75.9 cm³/mol. The van der Waals surface area contributed by atoms with Crippen molar-refractivity contribution >= 4 is 0 Å². The molecular weight excluding hydrogens is 224 g/mol. The molecule has 2 rings (SSSR count). The lowest BCUT2D eigenvalue weighted by molar-refractivity contribution is 0.0513. The van der Waals surface area contributed by atoms with E-state index in [1.165, 1.54) is 64.8 Å². The van der Waals surface area contributed by atoms with Crippen molar-refractivity contribution in [3.63, 3.8) is 0 Å². The zero-order valence-electron chi connectivity index (χ0n) is 12.2. The van der Waals surface area contributed by atoms with Gasteiger partial charge in [0.1, 0.15) is 0 Å². The van der Waals surface area contributed by atoms with Crippen molar-refractivity contribution in [1.82, 2.24) is 10.2 Å². The maximum atomic E-state index is 5.33. The van der Waals surface area contributed by atoms with Gasteiger partial charge < -0.3 is 15.0 Å². The minimum atomic E-state index is 0.535. The van der Waals surface area contributed by atoms with Crippen LogP contribution in [0.2, 0.25) is 0 Å². The standard InChI is InChI=1S/C15H30N2O/c1-3-15(7-5-8-16-12-15)13-17-9-4-6-14(10-17)11-18-2/h14,16H,3-13H2,1-2H3. The van der Waals surface area contributed by atoms with Crippen LogP contribution in [0, 0.1) is 11.3 Å². The van der Waals surface area contributed by atoms with Crippen LogP contribution in [0.1, 0.15) is 39.0 Å². The maximum absolute atomic E-state index is 5.33. The average molecular weight is 254 g/mol. The number of rotatable bonds is 5. The Morgan fingerprint density at radius 1 is 1.39 bits per heavy atom. The van der Waals surface area contributed by atoms with Crippen LogP contribution in [-0.4, -0.2) is 51.3 Å². The molecule has 1 N–H and O–H groups in total. The average Bonchev–Trinajstić information content (AvgIpc) is 2.41. The second-order valence-corrected chi connectivity index (χ2v) is 6.33. The van der Waals surface area contributed by atoms with Crippen molar-refractivity contribution < 1.29 is 4.74 Å². The zero-order valence-corrected chi connectivity index (χ0v) is 12.2. The highest BCUT2D eigenvalue weighted by atomic mass is 16.5. The van der Waals surface area contributed by atoms with Crippen LogP contribution in [-0.2, 0) is 4.74 Å². The van der Waals surface area contributed by atoms with Crippen molar-refractivity contribution in [3.05, 3.63) is 0 Å². The summed E-state index contributed by atoms with van der Waals surface area (Å²) < 4.78 is 5.33. The van der Waals surface area contributed by atoms with E-state index in [0.717, 1.165) is 12.5 Å². The molecule has 2 fully saturated rings. The normalized spacial score (nSPS) is 34.7. The number of hydrogen-bond acceptors (Lipinski definition) is 3. The minimum absolute atomic E-state index is 0.535. The lowest BCUT2D eigenvalue weighted by atomic mass is 9.77. The Hall–Kier alpha value is -0.120. The van der Waals surface area contributed by atoms with Gasteiger partial charge in [0, 0.05) is 26.7 Å². The van der Waals surface area contributed by atoms with Gasteiger partial charge in [-0.2, -0.15) is 0 Å². The molecule has 0 aromatic heterocycles. The van der Waals surface area contributed by atoms with Crippen LogP contribution in [0.4, 0.5) is 0 Å². The molecule has 0 aliphatic carbocycles. The molecule has 2 aliphatic rings. The zero-order chi connectivity index (χ0) is 12.8. The Kier molecular flexibility index (Phi) is 5.46. The van der Waals surface area contributed by atoms with Gasteiger partial charge in [0.25, 0.3) is 0 Å². The number of methoxy groups -OCH3 is 1. The first kappa shape index (κ1) is 14.3. The van der Waals surface area contributed by atoms with Gasteiger partial charge in [-0.25, -0.2) is 0 Å². The molecule has 3 heteroatoms. The second-order valence-electron chi connectivity index (χ2n) is 6.33. The summed E-state index contributed by atoms with van der Waals surface area (Å²) in [6.07, 6.45) is 6.76. The third-order valence-electron chi connectivity index (χ3n) is 4.88. The molecule has 0 spiro atoms. The van der Waals surface area contributed by atoms with E-state index in [1.807, 2.05) is 7.11 Å². The molecule has 0 saturated carbocycles. The van der Waals surface area contributed by atoms with Gasteiger partial charge in [-0.15, -0.1) is 0 Å². The highest BCUT2D eigenvalue weighted by Crippen LogP contribution is 2.32. The summed E-state index contributed by atoms with van der Waals surface area (Å²) in [6.45, 7) is 9.56. The Labute approximate surface area is 112 Å². The molecule has 0 aromatic carbocycles. The Bertz CT molecular complexity index is 237. The molecule has 3 nitrogen and oxygen atoms in total. The summed E-state index contributed by atoms with van der Waals surface area (Å²) in [7, 11) is 1.83. The van der Waals surface area contributed by atoms with Crippen LogP contribution < -0.4 is 5.32 Å². The van der Waals surface area contributed by atoms with E-state index in [0.29, 0.717) is 5.41 Å². The van der Waals surface area contributed by atoms with Gasteiger partial charge >= 0.3 is 0 Å². The van der Waals surface area contributed by atoms with E-state index in [4.69, 9.17) is 4.74 Å². The monoisotopic (exact) mass is 254 g/mol. The number of hydrogen-bond donors (Lipinski definition) is 1. The van der Waals surface area contributed by atoms with E-state index in [1.54, 1.807) is 0 Å². The van der Waals surface area contributed by atoms with E-state index in [2.05, 4.69) is 17.1 Å². The first-order valence-electron chi connectivity index (χ1n) is 7.70. The Morgan fingerprint density at radius 2 is 2.28 bits per heavy atom. The van der Waals surface area contributed by atoms with Crippen LogP contribution in [0.5, 0.6) is 0 Å². The van der Waals surface area contributed by atoms with Crippen molar-refractivity contribution in [1.29, 1.82) is 0 Å². The molecule has 18 heavy (non-hydrogen) atoms. The Morgan fingerprint density at radius 3 is 2.94 bits per heavy atom. The SMILES string of the molecule is CCC1(CN2CCCC(COC)C2)CCCNC1. The molecular formula is C15H30N2O. The largest absolute Gasteiger partial charge is 0.384 e. The van der Waals surface area contributed by atoms with Crippen LogP contribution in [0.25, 0.3) is 0 Å². The topological polar surface area (TPSA) is 24.5 Å². The molecule has 0 aromatic rings. The first-order valence-corrected chi connectivity index (χ1v) is 7.70. The molecule has 0 bridgehead atoms. The quantitative estimate of drug-likeness (QED) is 0.813. The summed E-state index contributed by atoms with van der Waals surface area (Å²) in [5.41, 5.74) is 0.535. The molecule has 2 aliphatic heterocycles. The van der Waals surface area contributed by atoms with Gasteiger partial charge in [0.05, 0.1) is 6.61 Å². The van der Waals surface area contributed by atoms with Gasteiger partial charge in [0.15, 0.2) is 0 Å². The third kappa shape index (κ3) is 3.69. The fourth-order valence-corrected chi connectivity index (χ4v) is 3.72. The number of nitrogens with one attached hydrogen (secondary N) is 1. The van der Waals surface area contributed by atoms with Crippen molar-refractivity contribution in [2.45, 2.75) is 39.0 Å². The van der Waals surface area contributed by atoms with Gasteiger partial charge in [-0.3, -0.25) is 0 Å². The number of ether oxygens (including phenoxy) is 1. The van der Waals surface area contributed by atoms with E-state index >= 15 is 0 Å². The van der Waals surface area contributed by atoms with Crippen molar-refractivity contribution in [3.8, 4) is 0 Å². The molecule has 106 valence electrons. The predicted octanol–water partition coefficient (Wildman–Crippen LogP) is 2.12. The summed E-state index contributed by atoms with van der Waals surface area (Å²) in [5, 5.41) is 3.60. The van der Waals surface area contributed by atoms with Crippen LogP contribution in [0.3, 0.4) is 0 Å². The molecule has 0 amide bonds. The van der Waals surface area contributed by atoms with Crippen molar-refractivity contribution in [2.24, 2.45) is 11.3 Å². The van der Waals surface area contributed by atoms with Gasteiger partial charge in [-0.1, -0.05) is 6.92 Å². The molecule has 2 unspecified atom stereocenters. The molecule has 2 atom stereocenters. The van der Waals surface area contributed by atoms with E-state index in [9.17, 15) is 0 Å². The number of nitrogens with zero attached hydrogens (tertiary/aromatic N) is 1. The third-order valence-corrected chi connectivity index (χ3v) is 4.88. The van der Waals surface area contributed by atoms with Gasteiger partial charge in [0.2, 0.25) is 0 Å². The summed E-state index contributed by atoms with van der Waals surface area (Å²) in [4.78, 5) is 2.70. The highest BCUT2D eigenvalue weighted by Gasteiger charge is 2.33. The van der Waals surface area contributed by atoms with E-state index in [-0.39, 0.29) is 0 Å². The second kappa shape index (κ2) is 6.88. The molecule has 0 radical (unpaired) electrons. The molecule has 2 heterocycles. The first-order chi connectivity index (χ1) is 8.78. The smallest absolute Gasteiger partial charge is 0.0502 e. The summed E-state index contributed by atoms with van der Waals surface area (Å²) in [6, 6.07) is 0. The summed E-state index contributed by atoms with van der Waals surface area (Å²) in [5.74, 6) is 0.759. The Balaban J connectivity index is 1.86. The number of piperidine rings is 2. The molecule has 2 saturated heterocycles. The minimum Gasteiger partial charge on any atom is -0.384 e. The number of likely N-dealkylation sites (tertiary alicyclic amines) is 1. The van der Waals surface area contributed by atoms with Gasteiger partial charge in [-0.05, 0) is 56.5 Å². The fraction of sp³-hybridized carbons (Fsp3) is 1.00. The highest BCUT2D eigenvalue weighted by molar-refractivity contribution is 4.88. The fourth-order valence-electron chi connectivity index (χ4n) is 3.72. The van der Waals surface area contributed by atoms with E-state index < -0.39 is 0 Å².